The maximum atomic E-state index is 3.52. The lowest BCUT2D eigenvalue weighted by Gasteiger charge is -2.14. The lowest BCUT2D eigenvalue weighted by Crippen LogP contribution is -2.22. The van der Waals surface area contributed by atoms with Crippen LogP contribution >= 0.6 is 11.8 Å². The van der Waals surface area contributed by atoms with E-state index in [2.05, 4.69) is 58.1 Å². The molecule has 1 N–H and O–H groups in total. The van der Waals surface area contributed by atoms with E-state index < -0.39 is 0 Å². The molecule has 1 atom stereocenters. The Bertz CT molecular complexity index is 360. The fourth-order valence-electron chi connectivity index (χ4n) is 1.65. The Morgan fingerprint density at radius 3 is 2.56 bits per heavy atom. The number of rotatable bonds is 7. The zero-order valence-electron chi connectivity index (χ0n) is 12.4. The average molecular weight is 265 g/mol. The minimum atomic E-state index is 0.540. The minimum absolute atomic E-state index is 0.540. The molecule has 1 rings (SSSR count). The normalized spacial score (nSPS) is 13.0. The van der Waals surface area contributed by atoms with E-state index in [-0.39, 0.29) is 0 Å². The van der Waals surface area contributed by atoms with Crippen LogP contribution < -0.4 is 5.32 Å². The molecule has 0 aliphatic rings. The Balaban J connectivity index is 2.69. The van der Waals surface area contributed by atoms with Gasteiger partial charge in [0.1, 0.15) is 0 Å². The van der Waals surface area contributed by atoms with Crippen LogP contribution in [0.2, 0.25) is 0 Å². The van der Waals surface area contributed by atoms with Crippen molar-refractivity contribution in [2.75, 3.05) is 5.75 Å². The average Bonchev–Trinajstić information content (AvgIpc) is 2.34. The molecule has 0 amide bonds. The topological polar surface area (TPSA) is 12.0 Å². The monoisotopic (exact) mass is 265 g/mol. The highest BCUT2D eigenvalue weighted by atomic mass is 32.2. The van der Waals surface area contributed by atoms with E-state index in [1.165, 1.54) is 28.2 Å². The van der Waals surface area contributed by atoms with Crippen molar-refractivity contribution in [3.05, 3.63) is 29.3 Å². The Morgan fingerprint density at radius 1 is 1.22 bits per heavy atom. The van der Waals surface area contributed by atoms with Gasteiger partial charge in [-0.1, -0.05) is 51.8 Å². The Morgan fingerprint density at radius 2 is 1.94 bits per heavy atom. The quantitative estimate of drug-likeness (QED) is 0.721. The molecule has 0 aliphatic carbocycles. The van der Waals surface area contributed by atoms with Crippen molar-refractivity contribution in [1.82, 2.24) is 5.32 Å². The second-order valence-electron chi connectivity index (χ2n) is 5.47. The number of benzene rings is 1. The van der Waals surface area contributed by atoms with Crippen molar-refractivity contribution < 1.29 is 0 Å². The SMILES string of the molecule is CCC(C)CSc1ccc(C)cc1CNC(C)C. The Kier molecular flexibility index (Phi) is 6.80. The summed E-state index contributed by atoms with van der Waals surface area (Å²) in [4.78, 5) is 1.44. The molecule has 1 nitrogen and oxygen atoms in total. The third-order valence-electron chi connectivity index (χ3n) is 3.14. The van der Waals surface area contributed by atoms with Crippen molar-refractivity contribution in [3.63, 3.8) is 0 Å². The van der Waals surface area contributed by atoms with Crippen molar-refractivity contribution >= 4 is 11.8 Å². The molecule has 1 unspecified atom stereocenters. The van der Waals surface area contributed by atoms with E-state index in [9.17, 15) is 0 Å². The summed E-state index contributed by atoms with van der Waals surface area (Å²) >= 11 is 2.00. The molecule has 0 fully saturated rings. The summed E-state index contributed by atoms with van der Waals surface area (Å²) in [7, 11) is 0. The molecule has 0 bridgehead atoms. The number of nitrogens with one attached hydrogen (secondary N) is 1. The third kappa shape index (κ3) is 5.45. The van der Waals surface area contributed by atoms with Gasteiger partial charge in [0.2, 0.25) is 0 Å². The lowest BCUT2D eigenvalue weighted by molar-refractivity contribution is 0.584. The van der Waals surface area contributed by atoms with E-state index in [1.807, 2.05) is 11.8 Å². The first-order chi connectivity index (χ1) is 8.52. The minimum Gasteiger partial charge on any atom is -0.310 e. The van der Waals surface area contributed by atoms with Gasteiger partial charge < -0.3 is 5.32 Å². The van der Waals surface area contributed by atoms with Crippen molar-refractivity contribution in [3.8, 4) is 0 Å². The van der Waals surface area contributed by atoms with Gasteiger partial charge in [0.25, 0.3) is 0 Å². The van der Waals surface area contributed by atoms with E-state index in [4.69, 9.17) is 0 Å². The summed E-state index contributed by atoms with van der Waals surface area (Å²) in [5, 5.41) is 3.52. The second kappa shape index (κ2) is 7.85. The van der Waals surface area contributed by atoms with Crippen molar-refractivity contribution in [1.29, 1.82) is 0 Å². The largest absolute Gasteiger partial charge is 0.310 e. The highest BCUT2D eigenvalue weighted by Crippen LogP contribution is 2.26. The van der Waals surface area contributed by atoms with Gasteiger partial charge in [-0.15, -0.1) is 11.8 Å². The number of thioether (sulfide) groups is 1. The highest BCUT2D eigenvalue weighted by molar-refractivity contribution is 7.99. The van der Waals surface area contributed by atoms with E-state index in [0.29, 0.717) is 6.04 Å². The molecular formula is C16H27NS. The Labute approximate surface area is 117 Å². The number of hydrogen-bond donors (Lipinski definition) is 1. The molecule has 1 aromatic rings. The molecule has 102 valence electrons. The first kappa shape index (κ1) is 15.6. The van der Waals surface area contributed by atoms with Gasteiger partial charge in [-0.05, 0) is 24.5 Å². The molecule has 18 heavy (non-hydrogen) atoms. The molecule has 2 heteroatoms. The van der Waals surface area contributed by atoms with Crippen LogP contribution in [0.4, 0.5) is 0 Å². The van der Waals surface area contributed by atoms with Gasteiger partial charge >= 0.3 is 0 Å². The molecule has 0 radical (unpaired) electrons. The molecule has 0 aliphatic heterocycles. The standard InChI is InChI=1S/C16H27NS/c1-6-13(4)11-18-16-8-7-14(5)9-15(16)10-17-12(2)3/h7-9,12-13,17H,6,10-11H2,1-5H3. The fraction of sp³-hybridized carbons (Fsp3) is 0.625. The Hall–Kier alpha value is -0.470. The van der Waals surface area contributed by atoms with E-state index in [1.54, 1.807) is 0 Å². The lowest BCUT2D eigenvalue weighted by atomic mass is 10.1. The first-order valence-electron chi connectivity index (χ1n) is 6.98. The first-order valence-corrected chi connectivity index (χ1v) is 7.97. The van der Waals surface area contributed by atoms with Gasteiger partial charge in [-0.2, -0.15) is 0 Å². The third-order valence-corrected chi connectivity index (χ3v) is 4.58. The van der Waals surface area contributed by atoms with Gasteiger partial charge in [-0.3, -0.25) is 0 Å². The summed E-state index contributed by atoms with van der Waals surface area (Å²) in [5.41, 5.74) is 2.79. The van der Waals surface area contributed by atoms with E-state index in [0.717, 1.165) is 12.5 Å². The van der Waals surface area contributed by atoms with Crippen LogP contribution in [0, 0.1) is 12.8 Å². The molecule has 1 aromatic carbocycles. The van der Waals surface area contributed by atoms with Crippen LogP contribution in [-0.4, -0.2) is 11.8 Å². The predicted molar refractivity (Wildman–Crippen MR) is 83.3 cm³/mol. The fourth-order valence-corrected chi connectivity index (χ4v) is 2.83. The van der Waals surface area contributed by atoms with Gasteiger partial charge in [-0.25, -0.2) is 0 Å². The molecule has 0 aromatic heterocycles. The molecule has 0 saturated heterocycles. The zero-order chi connectivity index (χ0) is 13.5. The van der Waals surface area contributed by atoms with Crippen molar-refractivity contribution in [2.45, 2.75) is 58.5 Å². The summed E-state index contributed by atoms with van der Waals surface area (Å²) in [6.45, 7) is 12.1. The van der Waals surface area contributed by atoms with Crippen LogP contribution in [0.25, 0.3) is 0 Å². The predicted octanol–water partition coefficient (Wildman–Crippen LogP) is 4.63. The molecule has 0 spiro atoms. The second-order valence-corrected chi connectivity index (χ2v) is 6.53. The smallest absolute Gasteiger partial charge is 0.0219 e. The summed E-state index contributed by atoms with van der Waals surface area (Å²) in [6.07, 6.45) is 1.26. The van der Waals surface area contributed by atoms with Gasteiger partial charge in [0.15, 0.2) is 0 Å². The summed E-state index contributed by atoms with van der Waals surface area (Å²) in [6, 6.07) is 7.35. The van der Waals surface area contributed by atoms with Crippen LogP contribution in [0.1, 0.15) is 45.2 Å². The van der Waals surface area contributed by atoms with Gasteiger partial charge in [0.05, 0.1) is 0 Å². The summed E-state index contributed by atoms with van der Waals surface area (Å²) < 4.78 is 0. The molecule has 0 heterocycles. The van der Waals surface area contributed by atoms with E-state index >= 15 is 0 Å². The van der Waals surface area contributed by atoms with Crippen LogP contribution in [0.5, 0.6) is 0 Å². The maximum Gasteiger partial charge on any atom is 0.0219 e. The van der Waals surface area contributed by atoms with Crippen LogP contribution in [0.3, 0.4) is 0 Å². The highest BCUT2D eigenvalue weighted by Gasteiger charge is 2.06. The molecule has 0 saturated carbocycles. The zero-order valence-corrected chi connectivity index (χ0v) is 13.2. The van der Waals surface area contributed by atoms with Crippen LogP contribution in [0.15, 0.2) is 23.1 Å². The van der Waals surface area contributed by atoms with Crippen LogP contribution in [-0.2, 0) is 6.54 Å². The van der Waals surface area contributed by atoms with Crippen molar-refractivity contribution in [2.24, 2.45) is 5.92 Å². The maximum absolute atomic E-state index is 3.52. The van der Waals surface area contributed by atoms with Gasteiger partial charge in [0, 0.05) is 23.2 Å². The number of hydrogen-bond acceptors (Lipinski definition) is 2. The molecular weight excluding hydrogens is 238 g/mol. The number of aryl methyl sites for hydroxylation is 1. The summed E-state index contributed by atoms with van der Waals surface area (Å²) in [5.74, 6) is 2.01.